The van der Waals surface area contributed by atoms with Gasteiger partial charge in [0, 0.05) is 38.3 Å². The molecule has 0 bridgehead atoms. The van der Waals surface area contributed by atoms with Crippen molar-refractivity contribution in [2.45, 2.75) is 203 Å². The zero-order chi connectivity index (χ0) is 56.9. The van der Waals surface area contributed by atoms with Gasteiger partial charge >= 0.3 is 0 Å². The molecule has 0 saturated carbocycles. The highest BCUT2D eigenvalue weighted by atomic mass is 32.2. The van der Waals surface area contributed by atoms with Crippen LogP contribution in [0.2, 0.25) is 0 Å². The van der Waals surface area contributed by atoms with Crippen molar-refractivity contribution in [3.63, 3.8) is 0 Å². The smallest absolute Gasteiger partial charge is 0.248 e. The number of phenolic OH excluding ortho intramolecular Hbond substituents is 1. The Hall–Kier alpha value is -5.55. The Kier molecular flexibility index (Phi) is 26.4. The first-order valence-corrected chi connectivity index (χ1v) is 27.6. The van der Waals surface area contributed by atoms with Gasteiger partial charge in [-0.2, -0.15) is 0 Å². The Bertz CT molecular complexity index is 2190. The Morgan fingerprint density at radius 2 is 1.40 bits per heavy atom. The molecule has 1 aromatic carbocycles. The van der Waals surface area contributed by atoms with Crippen molar-refractivity contribution < 1.29 is 87.0 Å². The fourth-order valence-corrected chi connectivity index (χ4v) is 10.1. The van der Waals surface area contributed by atoms with E-state index in [0.717, 1.165) is 54.0 Å². The summed E-state index contributed by atoms with van der Waals surface area (Å²) in [5.41, 5.74) is 5.34. The number of rotatable bonds is 24. The highest BCUT2D eigenvalue weighted by Gasteiger charge is 2.50. The van der Waals surface area contributed by atoms with Crippen LogP contribution >= 0.6 is 0 Å². The molecule has 14 N–H and O–H groups in total. The SMILES string of the molecule is CCCCCCCCCCCCCCCC(=O)NC1CCC(O)NC(=O)C2C(O)C(C)CN2C(=O)C(C(O)CC(N)=O)NC(=O)C(C(O)Cc2ccc(O)c(OS(=O)[O-])c2)NC(=O)C2CC(O)CN2C(=O)C(CO)NC1=O. The lowest BCUT2D eigenvalue weighted by Gasteiger charge is -2.33. The molecular formula is C50H79N8O18S-. The summed E-state index contributed by atoms with van der Waals surface area (Å²) in [4.78, 5) is 112. The maximum Gasteiger partial charge on any atom is 0.248 e. The van der Waals surface area contributed by atoms with Gasteiger partial charge in [0.1, 0.15) is 53.8 Å². The molecule has 26 nitrogen and oxygen atoms in total. The van der Waals surface area contributed by atoms with E-state index in [-0.39, 0.29) is 12.0 Å². The fraction of sp³-hybridized carbons (Fsp3) is 0.720. The molecule has 27 heteroatoms. The van der Waals surface area contributed by atoms with Crippen LogP contribution in [-0.2, 0) is 56.1 Å². The van der Waals surface area contributed by atoms with Crippen LogP contribution in [-0.4, -0.2) is 188 Å². The lowest BCUT2D eigenvalue weighted by molar-refractivity contribution is -0.148. The number of carbonyl (C=O) groups is 8. The molecule has 77 heavy (non-hydrogen) atoms. The summed E-state index contributed by atoms with van der Waals surface area (Å²) in [6, 6.07) is -8.11. The number of aromatic hydroxyl groups is 1. The molecule has 3 fully saturated rings. The van der Waals surface area contributed by atoms with E-state index in [1.165, 1.54) is 57.9 Å². The number of aliphatic hydroxyl groups excluding tert-OH is 6. The number of nitrogens with zero attached hydrogens (tertiary/aromatic N) is 2. The zero-order valence-electron chi connectivity index (χ0n) is 43.7. The van der Waals surface area contributed by atoms with E-state index < -0.39 is 195 Å². The molecule has 3 saturated heterocycles. The Morgan fingerprint density at radius 3 is 2.00 bits per heavy atom. The molecule has 8 amide bonds. The molecule has 0 aromatic heterocycles. The van der Waals surface area contributed by atoms with Crippen LogP contribution in [0.4, 0.5) is 0 Å². The second-order valence-electron chi connectivity index (χ2n) is 20.3. The number of benzene rings is 1. The maximum absolute atomic E-state index is 14.5. The van der Waals surface area contributed by atoms with Gasteiger partial charge < -0.3 is 86.6 Å². The van der Waals surface area contributed by atoms with Crippen LogP contribution in [0.15, 0.2) is 18.2 Å². The van der Waals surface area contributed by atoms with Gasteiger partial charge in [-0.3, -0.25) is 38.4 Å². The monoisotopic (exact) mass is 1110 g/mol. The molecular weight excluding hydrogens is 1030 g/mol. The van der Waals surface area contributed by atoms with E-state index in [1.54, 1.807) is 0 Å². The van der Waals surface area contributed by atoms with Crippen molar-refractivity contribution in [1.29, 1.82) is 0 Å². The fourth-order valence-electron chi connectivity index (χ4n) is 9.84. The third-order valence-electron chi connectivity index (χ3n) is 14.1. The van der Waals surface area contributed by atoms with Crippen molar-refractivity contribution >= 4 is 58.6 Å². The minimum Gasteiger partial charge on any atom is -0.740 e. The zero-order valence-corrected chi connectivity index (χ0v) is 44.5. The van der Waals surface area contributed by atoms with Crippen LogP contribution in [0.25, 0.3) is 0 Å². The summed E-state index contributed by atoms with van der Waals surface area (Å²) in [5.74, 6) is -11.1. The molecule has 434 valence electrons. The third-order valence-corrected chi connectivity index (χ3v) is 14.4. The molecule has 3 aliphatic heterocycles. The number of primary amides is 1. The number of hydrogen-bond donors (Lipinski definition) is 13. The lowest BCUT2D eigenvalue weighted by Crippen LogP contribution is -2.64. The first kappa shape index (κ1) is 64.0. The molecule has 13 atom stereocenters. The van der Waals surface area contributed by atoms with Crippen LogP contribution < -0.4 is 36.5 Å². The lowest BCUT2D eigenvalue weighted by atomic mass is 9.98. The van der Waals surface area contributed by atoms with E-state index >= 15 is 0 Å². The van der Waals surface area contributed by atoms with Crippen LogP contribution in [0, 0.1) is 5.92 Å². The molecule has 3 heterocycles. The first-order valence-electron chi connectivity index (χ1n) is 26.6. The number of nitrogens with one attached hydrogen (secondary N) is 5. The minimum atomic E-state index is -3.18. The van der Waals surface area contributed by atoms with Gasteiger partial charge in [-0.25, -0.2) is 4.21 Å². The summed E-state index contributed by atoms with van der Waals surface area (Å²) in [5, 5.41) is 88.6. The highest BCUT2D eigenvalue weighted by Crippen LogP contribution is 2.29. The van der Waals surface area contributed by atoms with E-state index in [9.17, 15) is 82.9 Å². The summed E-state index contributed by atoms with van der Waals surface area (Å²) in [6.07, 6.45) is 1.81. The van der Waals surface area contributed by atoms with Crippen molar-refractivity contribution in [2.75, 3.05) is 19.7 Å². The van der Waals surface area contributed by atoms with Gasteiger partial charge in [-0.1, -0.05) is 97.0 Å². The quantitative estimate of drug-likeness (QED) is 0.0376. The summed E-state index contributed by atoms with van der Waals surface area (Å²) in [7, 11) is 0. The molecule has 0 aliphatic carbocycles. The molecule has 4 rings (SSSR count). The van der Waals surface area contributed by atoms with Crippen LogP contribution in [0.3, 0.4) is 0 Å². The summed E-state index contributed by atoms with van der Waals surface area (Å²) in [6.45, 7) is 1.61. The molecule has 0 radical (unpaired) electrons. The maximum atomic E-state index is 14.5. The summed E-state index contributed by atoms with van der Waals surface area (Å²) < 4.78 is 27.2. The van der Waals surface area contributed by atoms with E-state index in [2.05, 4.69) is 37.7 Å². The molecule has 13 unspecified atom stereocenters. The number of unbranched alkanes of at least 4 members (excludes halogenated alkanes) is 12. The Morgan fingerprint density at radius 1 is 0.792 bits per heavy atom. The van der Waals surface area contributed by atoms with Crippen molar-refractivity contribution in [1.82, 2.24) is 36.4 Å². The second-order valence-corrected chi connectivity index (χ2v) is 20.9. The first-order chi connectivity index (χ1) is 36.6. The number of aliphatic hydroxyl groups is 6. The molecule has 3 aliphatic rings. The van der Waals surface area contributed by atoms with Gasteiger partial charge in [-0.05, 0) is 37.0 Å². The van der Waals surface area contributed by atoms with Crippen LogP contribution in [0.1, 0.15) is 135 Å². The van der Waals surface area contributed by atoms with Gasteiger partial charge in [-0.15, -0.1) is 0 Å². The molecule has 0 spiro atoms. The molecule has 1 aromatic rings. The van der Waals surface area contributed by atoms with E-state index in [0.29, 0.717) is 6.42 Å². The average Bonchev–Trinajstić information content (AvgIpc) is 3.91. The highest BCUT2D eigenvalue weighted by molar-refractivity contribution is 7.74. The van der Waals surface area contributed by atoms with Crippen molar-refractivity contribution in [2.24, 2.45) is 11.7 Å². The van der Waals surface area contributed by atoms with Crippen LogP contribution in [0.5, 0.6) is 11.5 Å². The largest absolute Gasteiger partial charge is 0.740 e. The van der Waals surface area contributed by atoms with Gasteiger partial charge in [0.05, 0.1) is 37.4 Å². The standard InChI is InChI=1S/C50H80N8O18S/c1-3-4-5-6-7-8-9-10-11-12-13-14-15-16-39(65)52-31-18-20-40(66)54-48(71)43-44(67)28(2)25-58(43)50(73)42(36(63)24-38(51)64)56-47(70)41(35(62)21-29-17-19-34(61)37(22-29)76-77(74)75)55-46(69)33-23-30(60)26-57(33)49(72)32(27-59)53-45(31)68/h17,19,22,28,30-33,35-36,40-44,59-63,66-67H,3-16,18,20-21,23-27H2,1-2H3,(H2,51,64)(H,52,65)(H,53,68)(H,54,71)(H,55,69)(H,56,70)(H,74,75)/p-1. The number of phenols is 1. The van der Waals surface area contributed by atoms with E-state index in [4.69, 9.17) is 5.73 Å². The van der Waals surface area contributed by atoms with Gasteiger partial charge in [0.25, 0.3) is 0 Å². The number of amides is 8. The predicted octanol–water partition coefficient (Wildman–Crippen LogP) is -2.48. The Labute approximate surface area is 450 Å². The van der Waals surface area contributed by atoms with E-state index in [1.807, 2.05) is 0 Å². The van der Waals surface area contributed by atoms with Crippen molar-refractivity contribution in [3.8, 4) is 11.5 Å². The van der Waals surface area contributed by atoms with Gasteiger partial charge in [0.2, 0.25) is 47.3 Å². The normalized spacial score (nSPS) is 27.2. The summed E-state index contributed by atoms with van der Waals surface area (Å²) >= 11 is -3.18. The number of carbonyl (C=O) groups excluding carboxylic acids is 8. The number of hydrogen-bond acceptors (Lipinski definition) is 18. The Balaban J connectivity index is 1.66. The third kappa shape index (κ3) is 19.7. The second kappa shape index (κ2) is 31.8. The minimum absolute atomic E-state index is 0.00337. The predicted molar refractivity (Wildman–Crippen MR) is 272 cm³/mol. The van der Waals surface area contributed by atoms with Gasteiger partial charge in [0.15, 0.2) is 11.5 Å². The van der Waals surface area contributed by atoms with Crippen molar-refractivity contribution in [3.05, 3.63) is 23.8 Å². The number of nitrogens with two attached hydrogens (primary N) is 1. The average molecular weight is 1110 g/mol. The number of fused-ring (bicyclic) bond motifs is 2. The topological polar surface area (TPSA) is 420 Å².